The van der Waals surface area contributed by atoms with Crippen molar-refractivity contribution in [1.82, 2.24) is 4.31 Å². The van der Waals surface area contributed by atoms with Crippen LogP contribution in [0.25, 0.3) is 0 Å². The number of rotatable bonds is 3. The zero-order valence-electron chi connectivity index (χ0n) is 10.7. The summed E-state index contributed by atoms with van der Waals surface area (Å²) in [4.78, 5) is 11.8. The Morgan fingerprint density at radius 3 is 2.68 bits per heavy atom. The van der Waals surface area contributed by atoms with Gasteiger partial charge in [-0.15, -0.1) is 0 Å². The lowest BCUT2D eigenvalue weighted by atomic mass is 9.96. The highest BCUT2D eigenvalue weighted by molar-refractivity contribution is 7.89. The van der Waals surface area contributed by atoms with Gasteiger partial charge in [-0.2, -0.15) is 4.31 Å². The molecule has 0 aromatic heterocycles. The monoisotopic (exact) mass is 301 g/mol. The minimum atomic E-state index is -3.61. The molecule has 0 aliphatic carbocycles. The Balaban J connectivity index is 2.31. The summed E-state index contributed by atoms with van der Waals surface area (Å²) in [6.07, 6.45) is 0.940. The molecule has 1 fully saturated rings. The molecule has 0 spiro atoms. The number of hydrogen-bond acceptors (Lipinski definition) is 3. The minimum absolute atomic E-state index is 0.112. The molecule has 1 aromatic carbocycles. The summed E-state index contributed by atoms with van der Waals surface area (Å²) >= 11 is 5.95. The molecule has 19 heavy (non-hydrogen) atoms. The van der Waals surface area contributed by atoms with Crippen molar-refractivity contribution in [2.45, 2.75) is 24.7 Å². The summed E-state index contributed by atoms with van der Waals surface area (Å²) in [5.41, 5.74) is 0. The molecule has 4 nitrogen and oxygen atoms in total. The highest BCUT2D eigenvalue weighted by Gasteiger charge is 2.34. The van der Waals surface area contributed by atoms with Crippen LogP contribution in [0.4, 0.5) is 0 Å². The average molecular weight is 302 g/mol. The Hall–Kier alpha value is -0.910. The van der Waals surface area contributed by atoms with Crippen LogP contribution >= 0.6 is 11.6 Å². The first-order valence-corrected chi connectivity index (χ1v) is 8.06. The zero-order valence-corrected chi connectivity index (χ0v) is 12.2. The lowest BCUT2D eigenvalue weighted by molar-refractivity contribution is -0.125. The molecule has 2 rings (SSSR count). The number of ketones is 1. The van der Waals surface area contributed by atoms with E-state index >= 15 is 0 Å². The highest BCUT2D eigenvalue weighted by Crippen LogP contribution is 2.27. The van der Waals surface area contributed by atoms with E-state index in [0.29, 0.717) is 6.42 Å². The predicted molar refractivity (Wildman–Crippen MR) is 73.6 cm³/mol. The molecule has 6 heteroatoms. The molecule has 1 heterocycles. The van der Waals surface area contributed by atoms with Gasteiger partial charge in [-0.05, 0) is 18.6 Å². The summed E-state index contributed by atoms with van der Waals surface area (Å²) < 4.78 is 26.4. The SMILES string of the molecule is CCC1CN(S(=O)(=O)c2ccccc2Cl)CCC1=O. The van der Waals surface area contributed by atoms with Crippen LogP contribution in [0.15, 0.2) is 29.2 Å². The van der Waals surface area contributed by atoms with Gasteiger partial charge in [0.15, 0.2) is 0 Å². The van der Waals surface area contributed by atoms with Crippen molar-refractivity contribution < 1.29 is 13.2 Å². The van der Waals surface area contributed by atoms with Gasteiger partial charge >= 0.3 is 0 Å². The number of halogens is 1. The number of Topliss-reactive ketones (excluding diaryl/α,β-unsaturated/α-hetero) is 1. The van der Waals surface area contributed by atoms with Crippen LogP contribution in [0.5, 0.6) is 0 Å². The fraction of sp³-hybridized carbons (Fsp3) is 0.462. The molecule has 1 saturated heterocycles. The molecule has 0 N–H and O–H groups in total. The summed E-state index contributed by atoms with van der Waals surface area (Å²) in [6, 6.07) is 6.39. The Morgan fingerprint density at radius 2 is 2.05 bits per heavy atom. The van der Waals surface area contributed by atoms with Gasteiger partial charge in [-0.25, -0.2) is 8.42 Å². The Kier molecular flexibility index (Phi) is 4.28. The number of sulfonamides is 1. The van der Waals surface area contributed by atoms with Crippen molar-refractivity contribution in [2.24, 2.45) is 5.92 Å². The number of nitrogens with zero attached hydrogens (tertiary/aromatic N) is 1. The standard InChI is InChI=1S/C13H16ClNO3S/c1-2-10-9-15(8-7-12(10)16)19(17,18)13-6-4-3-5-11(13)14/h3-6,10H,2,7-9H2,1H3. The largest absolute Gasteiger partial charge is 0.299 e. The van der Waals surface area contributed by atoms with Crippen LogP contribution in [-0.2, 0) is 14.8 Å². The molecule has 0 saturated carbocycles. The maximum Gasteiger partial charge on any atom is 0.244 e. The van der Waals surface area contributed by atoms with Gasteiger partial charge < -0.3 is 0 Å². The van der Waals surface area contributed by atoms with Crippen LogP contribution < -0.4 is 0 Å². The second-order valence-corrected chi connectivity index (χ2v) is 6.93. The van der Waals surface area contributed by atoms with Gasteiger partial charge in [0.1, 0.15) is 10.7 Å². The fourth-order valence-electron chi connectivity index (χ4n) is 2.25. The Bertz CT molecular complexity index is 585. The average Bonchev–Trinajstić information content (AvgIpc) is 2.39. The first-order valence-electron chi connectivity index (χ1n) is 6.24. The highest BCUT2D eigenvalue weighted by atomic mass is 35.5. The lowest BCUT2D eigenvalue weighted by Crippen LogP contribution is -2.43. The molecule has 1 aliphatic rings. The van der Waals surface area contributed by atoms with Crippen LogP contribution in [0.1, 0.15) is 19.8 Å². The van der Waals surface area contributed by atoms with Gasteiger partial charge in [0.2, 0.25) is 10.0 Å². The second kappa shape index (κ2) is 5.61. The number of benzene rings is 1. The number of carbonyl (C=O) groups is 1. The van der Waals surface area contributed by atoms with E-state index in [9.17, 15) is 13.2 Å². The first kappa shape index (κ1) is 14.5. The smallest absolute Gasteiger partial charge is 0.244 e. The lowest BCUT2D eigenvalue weighted by Gasteiger charge is -2.30. The fourth-order valence-corrected chi connectivity index (χ4v) is 4.23. The van der Waals surface area contributed by atoms with E-state index in [4.69, 9.17) is 11.6 Å². The van der Waals surface area contributed by atoms with E-state index in [-0.39, 0.29) is 41.1 Å². The molecular weight excluding hydrogens is 286 g/mol. The van der Waals surface area contributed by atoms with E-state index in [1.165, 1.54) is 10.4 Å². The van der Waals surface area contributed by atoms with Crippen LogP contribution in [0.3, 0.4) is 0 Å². The van der Waals surface area contributed by atoms with Crippen LogP contribution in [0.2, 0.25) is 5.02 Å². The summed E-state index contributed by atoms with van der Waals surface area (Å²) in [5.74, 6) is -0.0564. The third-order valence-electron chi connectivity index (χ3n) is 3.43. The quantitative estimate of drug-likeness (QED) is 0.861. The Morgan fingerprint density at radius 1 is 1.37 bits per heavy atom. The van der Waals surface area contributed by atoms with Gasteiger partial charge in [0, 0.05) is 25.4 Å². The normalized spacial score (nSPS) is 21.6. The maximum atomic E-state index is 12.5. The summed E-state index contributed by atoms with van der Waals surface area (Å²) in [6.45, 7) is 2.39. The zero-order chi connectivity index (χ0) is 14.0. The van der Waals surface area contributed by atoms with Gasteiger partial charge in [-0.1, -0.05) is 30.7 Å². The molecule has 0 amide bonds. The van der Waals surface area contributed by atoms with Gasteiger partial charge in [0.05, 0.1) is 5.02 Å². The van der Waals surface area contributed by atoms with Crippen molar-refractivity contribution in [2.75, 3.05) is 13.1 Å². The second-order valence-electron chi connectivity index (χ2n) is 4.61. The molecule has 1 unspecified atom stereocenters. The minimum Gasteiger partial charge on any atom is -0.299 e. The number of hydrogen-bond donors (Lipinski definition) is 0. The van der Waals surface area contributed by atoms with E-state index < -0.39 is 10.0 Å². The molecule has 1 atom stereocenters. The third kappa shape index (κ3) is 2.83. The van der Waals surface area contributed by atoms with Crippen molar-refractivity contribution in [3.8, 4) is 0 Å². The predicted octanol–water partition coefficient (Wildman–Crippen LogP) is 2.33. The topological polar surface area (TPSA) is 54.5 Å². The summed E-state index contributed by atoms with van der Waals surface area (Å²) in [7, 11) is -3.61. The van der Waals surface area contributed by atoms with E-state index in [2.05, 4.69) is 0 Å². The summed E-state index contributed by atoms with van der Waals surface area (Å²) in [5, 5.41) is 0.215. The van der Waals surface area contributed by atoms with E-state index in [1.807, 2.05) is 6.92 Å². The van der Waals surface area contributed by atoms with Crippen molar-refractivity contribution >= 4 is 27.4 Å². The third-order valence-corrected chi connectivity index (χ3v) is 5.80. The number of carbonyl (C=O) groups excluding carboxylic acids is 1. The molecule has 1 aromatic rings. The molecular formula is C13H16ClNO3S. The van der Waals surface area contributed by atoms with Gasteiger partial charge in [-0.3, -0.25) is 4.79 Å². The van der Waals surface area contributed by atoms with Crippen molar-refractivity contribution in [1.29, 1.82) is 0 Å². The van der Waals surface area contributed by atoms with Crippen LogP contribution in [0, 0.1) is 5.92 Å². The van der Waals surface area contributed by atoms with Crippen molar-refractivity contribution in [3.63, 3.8) is 0 Å². The van der Waals surface area contributed by atoms with Gasteiger partial charge in [0.25, 0.3) is 0 Å². The van der Waals surface area contributed by atoms with E-state index in [0.717, 1.165) is 0 Å². The maximum absolute atomic E-state index is 12.5. The Labute approximate surface area is 118 Å². The molecule has 0 bridgehead atoms. The number of piperidine rings is 1. The van der Waals surface area contributed by atoms with Crippen LogP contribution in [-0.4, -0.2) is 31.6 Å². The van der Waals surface area contributed by atoms with Crippen molar-refractivity contribution in [3.05, 3.63) is 29.3 Å². The molecule has 0 radical (unpaired) electrons. The molecule has 104 valence electrons. The van der Waals surface area contributed by atoms with E-state index in [1.54, 1.807) is 18.2 Å². The first-order chi connectivity index (χ1) is 8.96. The molecule has 1 aliphatic heterocycles.